The molecule has 138 valence electrons. The number of amides is 1. The number of fused-ring (bicyclic) bond motifs is 1. The molecule has 0 bridgehead atoms. The quantitative estimate of drug-likeness (QED) is 0.852. The normalized spacial score (nSPS) is 22.3. The van der Waals surface area contributed by atoms with Crippen molar-refractivity contribution in [3.8, 4) is 5.75 Å². The maximum absolute atomic E-state index is 12.5. The first kappa shape index (κ1) is 18.1. The van der Waals surface area contributed by atoms with Crippen LogP contribution < -0.4 is 15.8 Å². The summed E-state index contributed by atoms with van der Waals surface area (Å²) in [6.45, 7) is -1.55. The maximum Gasteiger partial charge on any atom is 0.387 e. The van der Waals surface area contributed by atoms with Gasteiger partial charge in [0, 0.05) is 13.2 Å². The molecule has 1 heterocycles. The van der Waals surface area contributed by atoms with Crippen LogP contribution in [-0.2, 0) is 16.0 Å². The van der Waals surface area contributed by atoms with Gasteiger partial charge >= 0.3 is 6.61 Å². The lowest BCUT2D eigenvalue weighted by atomic mass is 9.86. The van der Waals surface area contributed by atoms with E-state index in [1.165, 1.54) is 6.07 Å². The number of hydrogen-bond donors (Lipinski definition) is 2. The van der Waals surface area contributed by atoms with E-state index in [4.69, 9.17) is 10.5 Å². The molecule has 1 fully saturated rings. The highest BCUT2D eigenvalue weighted by molar-refractivity contribution is 5.82. The van der Waals surface area contributed by atoms with Gasteiger partial charge in [-0.3, -0.25) is 4.79 Å². The highest BCUT2D eigenvalue weighted by Crippen LogP contribution is 2.33. The van der Waals surface area contributed by atoms with Gasteiger partial charge in [-0.2, -0.15) is 8.78 Å². The van der Waals surface area contributed by atoms with Crippen LogP contribution in [0.4, 0.5) is 8.78 Å². The van der Waals surface area contributed by atoms with Crippen LogP contribution in [0.25, 0.3) is 0 Å². The zero-order valence-corrected chi connectivity index (χ0v) is 14.0. The third-order valence-corrected chi connectivity index (χ3v) is 5.05. The average Bonchev–Trinajstić information content (AvgIpc) is 2.61. The van der Waals surface area contributed by atoms with Gasteiger partial charge in [0.1, 0.15) is 5.75 Å². The number of alkyl halides is 2. The minimum absolute atomic E-state index is 0.136. The summed E-state index contributed by atoms with van der Waals surface area (Å²) < 4.78 is 34.5. The molecular formula is C18H24F2N2O3. The number of halogens is 2. The minimum atomic E-state index is -2.84. The summed E-state index contributed by atoms with van der Waals surface area (Å²) in [7, 11) is 0. The molecule has 1 aromatic carbocycles. The van der Waals surface area contributed by atoms with Crippen molar-refractivity contribution in [3.63, 3.8) is 0 Å². The minimum Gasteiger partial charge on any atom is -0.435 e. The number of aryl methyl sites for hydroxylation is 1. The molecule has 3 N–H and O–H groups in total. The highest BCUT2D eigenvalue weighted by Gasteiger charge is 2.29. The summed E-state index contributed by atoms with van der Waals surface area (Å²) in [4.78, 5) is 12.5. The van der Waals surface area contributed by atoms with Gasteiger partial charge in [-0.25, -0.2) is 0 Å². The van der Waals surface area contributed by atoms with Crippen molar-refractivity contribution in [1.29, 1.82) is 0 Å². The van der Waals surface area contributed by atoms with E-state index in [-0.39, 0.29) is 23.6 Å². The number of rotatable bonds is 5. The Kier molecular flexibility index (Phi) is 5.86. The monoisotopic (exact) mass is 354 g/mol. The molecule has 1 saturated heterocycles. The lowest BCUT2D eigenvalue weighted by Gasteiger charge is -2.31. The summed E-state index contributed by atoms with van der Waals surface area (Å²) >= 11 is 0. The Morgan fingerprint density at radius 2 is 2.04 bits per heavy atom. The molecule has 2 aliphatic rings. The van der Waals surface area contributed by atoms with Gasteiger partial charge in [-0.1, -0.05) is 6.07 Å². The number of carbonyl (C=O) groups is 1. The van der Waals surface area contributed by atoms with Crippen LogP contribution in [0.3, 0.4) is 0 Å². The van der Waals surface area contributed by atoms with Crippen LogP contribution >= 0.6 is 0 Å². The highest BCUT2D eigenvalue weighted by atomic mass is 19.3. The van der Waals surface area contributed by atoms with Gasteiger partial charge in [-0.05, 0) is 61.3 Å². The fourth-order valence-corrected chi connectivity index (χ4v) is 3.67. The van der Waals surface area contributed by atoms with Crippen molar-refractivity contribution in [2.45, 2.75) is 50.8 Å². The van der Waals surface area contributed by atoms with Crippen molar-refractivity contribution in [2.24, 2.45) is 11.7 Å². The molecule has 0 saturated carbocycles. The van der Waals surface area contributed by atoms with Gasteiger partial charge in [0.05, 0.1) is 12.1 Å². The molecule has 3 rings (SSSR count). The van der Waals surface area contributed by atoms with E-state index >= 15 is 0 Å². The molecule has 1 aromatic rings. The largest absolute Gasteiger partial charge is 0.435 e. The van der Waals surface area contributed by atoms with Crippen molar-refractivity contribution < 1.29 is 23.0 Å². The smallest absolute Gasteiger partial charge is 0.387 e. The number of hydrogen-bond acceptors (Lipinski definition) is 4. The predicted octanol–water partition coefficient (Wildman–Crippen LogP) is 2.54. The fourth-order valence-electron chi connectivity index (χ4n) is 3.67. The van der Waals surface area contributed by atoms with E-state index in [2.05, 4.69) is 10.1 Å². The summed E-state index contributed by atoms with van der Waals surface area (Å²) in [5, 5.41) is 3.04. The van der Waals surface area contributed by atoms with E-state index in [1.54, 1.807) is 12.1 Å². The summed E-state index contributed by atoms with van der Waals surface area (Å²) in [5.41, 5.74) is 8.03. The molecule has 0 radical (unpaired) electrons. The molecule has 25 heavy (non-hydrogen) atoms. The van der Waals surface area contributed by atoms with Crippen molar-refractivity contribution in [3.05, 3.63) is 29.3 Å². The second-order valence-corrected chi connectivity index (χ2v) is 6.67. The lowest BCUT2D eigenvalue weighted by molar-refractivity contribution is -0.125. The van der Waals surface area contributed by atoms with Gasteiger partial charge in [0.15, 0.2) is 0 Å². The molecular weight excluding hydrogens is 330 g/mol. The van der Waals surface area contributed by atoms with Gasteiger partial charge < -0.3 is 20.5 Å². The lowest BCUT2D eigenvalue weighted by Crippen LogP contribution is -2.48. The number of carbonyl (C=O) groups excluding carboxylic acids is 1. The van der Waals surface area contributed by atoms with Gasteiger partial charge in [0.25, 0.3) is 0 Å². The van der Waals surface area contributed by atoms with E-state index in [0.29, 0.717) is 13.2 Å². The van der Waals surface area contributed by atoms with Crippen molar-refractivity contribution in [2.75, 3.05) is 13.2 Å². The molecule has 1 amide bonds. The summed E-state index contributed by atoms with van der Waals surface area (Å²) in [5.74, 6) is 0.135. The molecule has 5 nitrogen and oxygen atoms in total. The Hall–Kier alpha value is -1.73. The zero-order valence-electron chi connectivity index (χ0n) is 14.0. The fraction of sp³-hybridized carbons (Fsp3) is 0.611. The zero-order chi connectivity index (χ0) is 17.8. The van der Waals surface area contributed by atoms with E-state index < -0.39 is 12.7 Å². The Balaban J connectivity index is 1.67. The second kappa shape index (κ2) is 8.10. The van der Waals surface area contributed by atoms with E-state index in [1.807, 2.05) is 0 Å². The van der Waals surface area contributed by atoms with Crippen molar-refractivity contribution >= 4 is 5.91 Å². The van der Waals surface area contributed by atoms with E-state index in [9.17, 15) is 13.6 Å². The van der Waals surface area contributed by atoms with Gasteiger partial charge in [-0.15, -0.1) is 0 Å². The van der Waals surface area contributed by atoms with Crippen molar-refractivity contribution in [1.82, 2.24) is 5.32 Å². The Bertz CT molecular complexity index is 606. The topological polar surface area (TPSA) is 73.6 Å². The third kappa shape index (κ3) is 4.46. The first-order valence-electron chi connectivity index (χ1n) is 8.76. The predicted molar refractivity (Wildman–Crippen MR) is 88.4 cm³/mol. The van der Waals surface area contributed by atoms with Crippen LogP contribution in [0.15, 0.2) is 18.2 Å². The molecule has 2 atom stereocenters. The number of nitrogens with one attached hydrogen (secondary N) is 1. The van der Waals surface area contributed by atoms with Crippen LogP contribution in [0.1, 0.15) is 42.9 Å². The maximum atomic E-state index is 12.5. The molecule has 7 heteroatoms. The van der Waals surface area contributed by atoms with Crippen LogP contribution in [-0.4, -0.2) is 31.8 Å². The SMILES string of the molecule is NC(C(=O)NC1CCCc2cc(OC(F)F)ccc21)C1CCOCC1. The molecule has 1 aliphatic carbocycles. The Labute approximate surface area is 145 Å². The Morgan fingerprint density at radius 3 is 2.76 bits per heavy atom. The van der Waals surface area contributed by atoms with E-state index in [0.717, 1.165) is 43.2 Å². The van der Waals surface area contributed by atoms with Crippen LogP contribution in [0, 0.1) is 5.92 Å². The first-order chi connectivity index (χ1) is 12.0. The molecule has 0 spiro atoms. The number of benzene rings is 1. The molecule has 1 aliphatic heterocycles. The summed E-state index contributed by atoms with van der Waals surface area (Å²) in [6.07, 6.45) is 4.07. The molecule has 2 unspecified atom stereocenters. The summed E-state index contributed by atoms with van der Waals surface area (Å²) in [6, 6.07) is 4.24. The third-order valence-electron chi connectivity index (χ3n) is 5.05. The van der Waals surface area contributed by atoms with Crippen LogP contribution in [0.5, 0.6) is 5.75 Å². The van der Waals surface area contributed by atoms with Gasteiger partial charge in [0.2, 0.25) is 5.91 Å². The standard InChI is InChI=1S/C18H24F2N2O3/c19-18(20)25-13-4-5-14-12(10-13)2-1-3-15(14)22-17(23)16(21)11-6-8-24-9-7-11/h4-5,10-11,15-16,18H,1-3,6-9,21H2,(H,22,23). The Morgan fingerprint density at radius 1 is 1.28 bits per heavy atom. The van der Waals surface area contributed by atoms with Crippen LogP contribution in [0.2, 0.25) is 0 Å². The number of ether oxygens (including phenoxy) is 2. The first-order valence-corrected chi connectivity index (χ1v) is 8.76. The molecule has 0 aromatic heterocycles. The second-order valence-electron chi connectivity index (χ2n) is 6.67. The number of nitrogens with two attached hydrogens (primary N) is 1. The average molecular weight is 354 g/mol.